The summed E-state index contributed by atoms with van der Waals surface area (Å²) in [7, 11) is 3.23. The minimum atomic E-state index is 0.434. The van der Waals surface area contributed by atoms with Gasteiger partial charge in [-0.1, -0.05) is 42.5 Å². The number of hydrogen-bond acceptors (Lipinski definition) is 5. The van der Waals surface area contributed by atoms with E-state index in [1.165, 1.54) is 10.8 Å². The number of H-pyrrole nitrogens is 1. The highest BCUT2D eigenvalue weighted by Crippen LogP contribution is 2.24. The Bertz CT molecular complexity index is 1240. The lowest BCUT2D eigenvalue weighted by atomic mass is 10.0. The van der Waals surface area contributed by atoms with Crippen LogP contribution in [-0.2, 0) is 6.42 Å². The van der Waals surface area contributed by atoms with Crippen LogP contribution < -0.4 is 9.47 Å². The molecule has 0 aliphatic heterocycles. The first kappa shape index (κ1) is 18.9. The van der Waals surface area contributed by atoms with E-state index >= 15 is 0 Å². The molecule has 0 aliphatic rings. The Labute approximate surface area is 173 Å². The van der Waals surface area contributed by atoms with Crippen LogP contribution in [-0.4, -0.2) is 35.3 Å². The van der Waals surface area contributed by atoms with Crippen molar-refractivity contribution >= 4 is 29.2 Å². The van der Waals surface area contributed by atoms with Crippen LogP contribution >= 0.6 is 12.2 Å². The Morgan fingerprint density at radius 3 is 2.72 bits per heavy atom. The van der Waals surface area contributed by atoms with Crippen LogP contribution in [0.2, 0.25) is 0 Å². The first-order chi connectivity index (χ1) is 14.2. The average molecular weight is 404 g/mol. The molecule has 0 spiro atoms. The van der Waals surface area contributed by atoms with Crippen LogP contribution in [0.1, 0.15) is 17.0 Å². The smallest absolute Gasteiger partial charge is 0.216 e. The zero-order valence-corrected chi connectivity index (χ0v) is 16.9. The molecular weight excluding hydrogens is 384 g/mol. The fourth-order valence-electron chi connectivity index (χ4n) is 3.22. The first-order valence-electron chi connectivity index (χ1n) is 9.09. The van der Waals surface area contributed by atoms with Gasteiger partial charge in [0, 0.05) is 18.1 Å². The zero-order chi connectivity index (χ0) is 20.2. The van der Waals surface area contributed by atoms with Crippen molar-refractivity contribution in [3.63, 3.8) is 0 Å². The number of aromatic nitrogens is 3. The number of benzene rings is 3. The molecule has 0 unspecified atom stereocenters. The molecule has 1 N–H and O–H groups in total. The summed E-state index contributed by atoms with van der Waals surface area (Å²) in [6.07, 6.45) is 2.31. The molecule has 0 bridgehead atoms. The fourth-order valence-corrected chi connectivity index (χ4v) is 3.42. The van der Waals surface area contributed by atoms with E-state index < -0.39 is 0 Å². The van der Waals surface area contributed by atoms with Crippen molar-refractivity contribution in [2.24, 2.45) is 5.10 Å². The largest absolute Gasteiger partial charge is 0.497 e. The van der Waals surface area contributed by atoms with Crippen LogP contribution in [0, 0.1) is 4.77 Å². The van der Waals surface area contributed by atoms with Crippen molar-refractivity contribution < 1.29 is 9.47 Å². The second-order valence-corrected chi connectivity index (χ2v) is 6.81. The third-order valence-corrected chi connectivity index (χ3v) is 4.96. The predicted molar refractivity (Wildman–Crippen MR) is 117 cm³/mol. The summed E-state index contributed by atoms with van der Waals surface area (Å²) in [6, 6.07) is 20.1. The maximum atomic E-state index is 5.43. The molecule has 0 atom stereocenters. The molecule has 0 aliphatic carbocycles. The molecular formula is C22H20N4O2S. The van der Waals surface area contributed by atoms with E-state index in [0.717, 1.165) is 22.7 Å². The van der Waals surface area contributed by atoms with Gasteiger partial charge in [0.15, 0.2) is 5.82 Å². The molecule has 0 saturated carbocycles. The lowest BCUT2D eigenvalue weighted by Gasteiger charge is -2.08. The Morgan fingerprint density at radius 1 is 1.07 bits per heavy atom. The van der Waals surface area contributed by atoms with Crippen molar-refractivity contribution in [2.75, 3.05) is 14.2 Å². The van der Waals surface area contributed by atoms with Gasteiger partial charge in [0.25, 0.3) is 0 Å². The van der Waals surface area contributed by atoms with Crippen LogP contribution in [0.5, 0.6) is 11.5 Å². The highest BCUT2D eigenvalue weighted by molar-refractivity contribution is 7.71. The van der Waals surface area contributed by atoms with Gasteiger partial charge < -0.3 is 9.47 Å². The number of ether oxygens (including phenoxy) is 2. The van der Waals surface area contributed by atoms with Gasteiger partial charge in [0.2, 0.25) is 4.77 Å². The zero-order valence-electron chi connectivity index (χ0n) is 16.1. The molecule has 0 saturated heterocycles. The second-order valence-electron chi connectivity index (χ2n) is 6.42. The van der Waals surface area contributed by atoms with Crippen molar-refractivity contribution in [1.82, 2.24) is 14.9 Å². The Balaban J connectivity index is 1.68. The van der Waals surface area contributed by atoms with Crippen molar-refractivity contribution in [3.8, 4) is 11.5 Å². The van der Waals surface area contributed by atoms with Gasteiger partial charge in [0.1, 0.15) is 11.5 Å². The van der Waals surface area contributed by atoms with Gasteiger partial charge in [-0.2, -0.15) is 14.9 Å². The van der Waals surface area contributed by atoms with E-state index in [0.29, 0.717) is 16.9 Å². The van der Waals surface area contributed by atoms with Crippen LogP contribution in [0.15, 0.2) is 65.8 Å². The Hall–Kier alpha value is -3.45. The molecule has 29 heavy (non-hydrogen) atoms. The van der Waals surface area contributed by atoms with E-state index in [2.05, 4.69) is 45.6 Å². The lowest BCUT2D eigenvalue weighted by molar-refractivity contribution is 0.394. The molecule has 1 heterocycles. The number of fused-ring (bicyclic) bond motifs is 1. The van der Waals surface area contributed by atoms with Crippen LogP contribution in [0.25, 0.3) is 10.8 Å². The van der Waals surface area contributed by atoms with Crippen molar-refractivity contribution in [3.05, 3.63) is 82.4 Å². The van der Waals surface area contributed by atoms with Crippen LogP contribution in [0.4, 0.5) is 0 Å². The third-order valence-electron chi connectivity index (χ3n) is 4.70. The minimum absolute atomic E-state index is 0.434. The Kier molecular flexibility index (Phi) is 5.39. The SMILES string of the molecule is COc1ccc(/C=N\n2c(Cc3cccc4ccccc34)n[nH]c2=S)c(OC)c1. The number of nitrogens with one attached hydrogen (secondary N) is 1. The molecule has 3 aromatic carbocycles. The number of nitrogens with zero attached hydrogens (tertiary/aromatic N) is 3. The summed E-state index contributed by atoms with van der Waals surface area (Å²) >= 11 is 5.38. The molecule has 1 aromatic heterocycles. The van der Waals surface area contributed by atoms with Gasteiger partial charge in [-0.15, -0.1) is 0 Å². The summed E-state index contributed by atoms with van der Waals surface area (Å²) in [4.78, 5) is 0. The van der Waals surface area contributed by atoms with Gasteiger partial charge >= 0.3 is 0 Å². The van der Waals surface area contributed by atoms with E-state index in [1.807, 2.05) is 30.3 Å². The third kappa shape index (κ3) is 3.90. The molecule has 6 nitrogen and oxygen atoms in total. The highest BCUT2D eigenvalue weighted by Gasteiger charge is 2.09. The van der Waals surface area contributed by atoms with Crippen molar-refractivity contribution in [2.45, 2.75) is 6.42 Å². The number of hydrogen-bond donors (Lipinski definition) is 1. The van der Waals surface area contributed by atoms with Gasteiger partial charge in [-0.05, 0) is 40.7 Å². The lowest BCUT2D eigenvalue weighted by Crippen LogP contribution is -2.01. The van der Waals surface area contributed by atoms with E-state index in [9.17, 15) is 0 Å². The number of aromatic amines is 1. The quantitative estimate of drug-likeness (QED) is 0.377. The molecule has 0 amide bonds. The highest BCUT2D eigenvalue weighted by atomic mass is 32.1. The number of rotatable bonds is 6. The maximum absolute atomic E-state index is 5.43. The van der Waals surface area contributed by atoms with Gasteiger partial charge in [-0.25, -0.2) is 0 Å². The number of methoxy groups -OCH3 is 2. The molecule has 4 aromatic rings. The Morgan fingerprint density at radius 2 is 1.90 bits per heavy atom. The summed E-state index contributed by atoms with van der Waals surface area (Å²) in [5.41, 5.74) is 1.98. The standard InChI is InChI=1S/C22H20N4O2S/c1-27-18-11-10-17(20(13-18)28-2)14-23-26-21(24-25-22(26)29)12-16-8-5-7-15-6-3-4-9-19(15)16/h3-11,13-14H,12H2,1-2H3,(H,25,29)/b23-14-. The second kappa shape index (κ2) is 8.28. The van der Waals surface area contributed by atoms with Crippen LogP contribution in [0.3, 0.4) is 0 Å². The minimum Gasteiger partial charge on any atom is -0.497 e. The maximum Gasteiger partial charge on any atom is 0.216 e. The molecule has 0 fully saturated rings. The molecule has 4 rings (SSSR count). The summed E-state index contributed by atoms with van der Waals surface area (Å²) < 4.78 is 12.7. The molecule has 7 heteroatoms. The first-order valence-corrected chi connectivity index (χ1v) is 9.49. The molecule has 0 radical (unpaired) electrons. The van der Waals surface area contributed by atoms with Gasteiger partial charge in [-0.3, -0.25) is 5.10 Å². The van der Waals surface area contributed by atoms with E-state index in [4.69, 9.17) is 21.7 Å². The van der Waals surface area contributed by atoms with Gasteiger partial charge in [0.05, 0.1) is 20.4 Å². The van der Waals surface area contributed by atoms with Crippen molar-refractivity contribution in [1.29, 1.82) is 0 Å². The fraction of sp³-hybridized carbons (Fsp3) is 0.136. The topological polar surface area (TPSA) is 64.4 Å². The van der Waals surface area contributed by atoms with E-state index in [1.54, 1.807) is 25.1 Å². The average Bonchev–Trinajstić information content (AvgIpc) is 3.11. The summed E-state index contributed by atoms with van der Waals surface area (Å²) in [5.74, 6) is 2.12. The predicted octanol–water partition coefficient (Wildman–Crippen LogP) is 4.58. The normalized spacial score (nSPS) is 11.2. The monoisotopic (exact) mass is 404 g/mol. The summed E-state index contributed by atoms with van der Waals surface area (Å²) in [5, 5.41) is 14.2. The van der Waals surface area contributed by atoms with E-state index in [-0.39, 0.29) is 0 Å². The summed E-state index contributed by atoms with van der Waals surface area (Å²) in [6.45, 7) is 0. The molecule has 146 valence electrons.